The second-order valence-electron chi connectivity index (χ2n) is 5.47. The fourth-order valence-electron chi connectivity index (χ4n) is 2.43. The van der Waals surface area contributed by atoms with Crippen LogP contribution in [0.2, 0.25) is 0 Å². The Balaban J connectivity index is 1.74. The summed E-state index contributed by atoms with van der Waals surface area (Å²) in [6.45, 7) is 1.48. The molecule has 0 radical (unpaired) electrons. The zero-order chi connectivity index (χ0) is 17.9. The number of hydrogen-bond donors (Lipinski definition) is 2. The van der Waals surface area contributed by atoms with E-state index < -0.39 is 0 Å². The molecule has 0 aliphatic rings. The normalized spacial score (nSPS) is 11.1. The molecule has 0 fully saturated rings. The highest BCUT2D eigenvalue weighted by Crippen LogP contribution is 2.27. The van der Waals surface area contributed by atoms with Crippen molar-refractivity contribution in [2.45, 2.75) is 19.4 Å². The molecule has 2 N–H and O–H groups in total. The minimum atomic E-state index is 0.649. The molecule has 25 heavy (non-hydrogen) atoms. The maximum atomic E-state index is 5.34. The van der Waals surface area contributed by atoms with E-state index in [1.165, 1.54) is 5.56 Å². The minimum absolute atomic E-state index is 0.649. The Bertz CT molecular complexity index is 674. The number of aliphatic imine (C=N–C) groups is 1. The van der Waals surface area contributed by atoms with Gasteiger partial charge in [-0.15, -0.1) is 0 Å². The second-order valence-corrected chi connectivity index (χ2v) is 5.47. The van der Waals surface area contributed by atoms with Gasteiger partial charge in [-0.25, -0.2) is 0 Å². The first-order chi connectivity index (χ1) is 12.3. The fourth-order valence-corrected chi connectivity index (χ4v) is 2.43. The van der Waals surface area contributed by atoms with Crippen LogP contribution in [0.4, 0.5) is 0 Å². The van der Waals surface area contributed by atoms with Crippen molar-refractivity contribution in [3.8, 4) is 11.5 Å². The molecule has 1 heterocycles. The van der Waals surface area contributed by atoms with Crippen molar-refractivity contribution < 1.29 is 9.47 Å². The van der Waals surface area contributed by atoms with Gasteiger partial charge in [0.05, 0.1) is 26.5 Å². The number of aryl methyl sites for hydroxylation is 1. The fraction of sp³-hybridized carbons (Fsp3) is 0.368. The number of rotatable bonds is 8. The molecular formula is C19H26N4O2. The Hall–Kier alpha value is -2.76. The van der Waals surface area contributed by atoms with E-state index in [0.717, 1.165) is 42.5 Å². The highest BCUT2D eigenvalue weighted by molar-refractivity contribution is 5.79. The van der Waals surface area contributed by atoms with E-state index in [0.29, 0.717) is 6.54 Å². The van der Waals surface area contributed by atoms with Gasteiger partial charge in [-0.1, -0.05) is 12.1 Å². The van der Waals surface area contributed by atoms with Crippen LogP contribution in [0.25, 0.3) is 0 Å². The highest BCUT2D eigenvalue weighted by Gasteiger charge is 2.04. The third-order valence-electron chi connectivity index (χ3n) is 3.77. The molecule has 0 aliphatic carbocycles. The van der Waals surface area contributed by atoms with Crippen LogP contribution in [-0.4, -0.2) is 38.8 Å². The molecule has 6 nitrogen and oxygen atoms in total. The third-order valence-corrected chi connectivity index (χ3v) is 3.77. The molecule has 6 heteroatoms. The van der Waals surface area contributed by atoms with E-state index in [9.17, 15) is 0 Å². The van der Waals surface area contributed by atoms with E-state index in [4.69, 9.17) is 9.47 Å². The molecule has 2 rings (SSSR count). The topological polar surface area (TPSA) is 67.8 Å². The highest BCUT2D eigenvalue weighted by atomic mass is 16.5. The van der Waals surface area contributed by atoms with E-state index in [2.05, 4.69) is 26.7 Å². The van der Waals surface area contributed by atoms with Crippen molar-refractivity contribution in [1.82, 2.24) is 15.6 Å². The number of aromatic nitrogens is 1. The largest absolute Gasteiger partial charge is 0.493 e. The lowest BCUT2D eigenvalue weighted by atomic mass is 10.1. The van der Waals surface area contributed by atoms with Gasteiger partial charge in [-0.2, -0.15) is 0 Å². The Morgan fingerprint density at radius 2 is 1.92 bits per heavy atom. The first-order valence-corrected chi connectivity index (χ1v) is 8.32. The van der Waals surface area contributed by atoms with Crippen LogP contribution in [-0.2, 0) is 13.0 Å². The predicted molar refractivity (Wildman–Crippen MR) is 100 cm³/mol. The van der Waals surface area contributed by atoms with Crippen LogP contribution < -0.4 is 20.1 Å². The van der Waals surface area contributed by atoms with Crippen LogP contribution in [0.15, 0.2) is 47.6 Å². The molecule has 2 aromatic rings. The molecule has 0 atom stereocenters. The quantitative estimate of drug-likeness (QED) is 0.438. The number of hydrogen-bond acceptors (Lipinski definition) is 4. The Morgan fingerprint density at radius 3 is 2.60 bits per heavy atom. The van der Waals surface area contributed by atoms with Crippen LogP contribution >= 0.6 is 0 Å². The number of nitrogens with one attached hydrogen (secondary N) is 2. The molecule has 0 unspecified atom stereocenters. The molecule has 0 saturated carbocycles. The molecule has 0 saturated heterocycles. The molecule has 0 aliphatic heterocycles. The number of methoxy groups -OCH3 is 2. The van der Waals surface area contributed by atoms with Crippen LogP contribution in [0.1, 0.15) is 17.7 Å². The predicted octanol–water partition coefficient (Wildman–Crippen LogP) is 2.40. The summed E-state index contributed by atoms with van der Waals surface area (Å²) in [4.78, 5) is 8.51. The zero-order valence-corrected chi connectivity index (χ0v) is 15.1. The van der Waals surface area contributed by atoms with Gasteiger partial charge in [-0.3, -0.25) is 9.98 Å². The number of benzene rings is 1. The monoisotopic (exact) mass is 342 g/mol. The summed E-state index contributed by atoms with van der Waals surface area (Å²) < 4.78 is 10.6. The maximum Gasteiger partial charge on any atom is 0.191 e. The zero-order valence-electron chi connectivity index (χ0n) is 15.1. The molecular weight excluding hydrogens is 316 g/mol. The average Bonchev–Trinajstić information content (AvgIpc) is 2.68. The Kier molecular flexibility index (Phi) is 7.56. The SMILES string of the molecule is CN=C(NCCCc1ccc(OC)c(OC)c1)NCc1ccccn1. The molecule has 0 amide bonds. The molecule has 1 aromatic carbocycles. The third kappa shape index (κ3) is 5.99. The lowest BCUT2D eigenvalue weighted by molar-refractivity contribution is 0.354. The summed E-state index contributed by atoms with van der Waals surface area (Å²) in [7, 11) is 5.06. The molecule has 134 valence electrons. The lowest BCUT2D eigenvalue weighted by Crippen LogP contribution is -2.37. The summed E-state index contributed by atoms with van der Waals surface area (Å²) in [5.74, 6) is 2.29. The van der Waals surface area contributed by atoms with Gasteiger partial charge in [0.2, 0.25) is 0 Å². The molecule has 1 aromatic heterocycles. The van der Waals surface area contributed by atoms with Crippen molar-refractivity contribution in [3.63, 3.8) is 0 Å². The minimum Gasteiger partial charge on any atom is -0.493 e. The molecule has 0 spiro atoms. The first kappa shape index (κ1) is 18.6. The van der Waals surface area contributed by atoms with Gasteiger partial charge < -0.3 is 20.1 Å². The number of ether oxygens (including phenoxy) is 2. The Labute approximate surface area is 149 Å². The average molecular weight is 342 g/mol. The standard InChI is InChI=1S/C19H26N4O2/c1-20-19(23-14-16-8-4-5-11-21-16)22-12-6-7-15-9-10-17(24-2)18(13-15)25-3/h4-5,8-11,13H,6-7,12,14H2,1-3H3,(H2,20,22,23). The summed E-state index contributed by atoms with van der Waals surface area (Å²) in [5, 5.41) is 6.57. The van der Waals surface area contributed by atoms with Gasteiger partial charge in [-0.05, 0) is 42.7 Å². The first-order valence-electron chi connectivity index (χ1n) is 8.32. The Morgan fingerprint density at radius 1 is 1.08 bits per heavy atom. The molecule has 0 bridgehead atoms. The van der Waals surface area contributed by atoms with Crippen molar-refractivity contribution in [2.75, 3.05) is 27.8 Å². The van der Waals surface area contributed by atoms with E-state index in [1.54, 1.807) is 27.5 Å². The van der Waals surface area contributed by atoms with E-state index in [1.807, 2.05) is 30.3 Å². The van der Waals surface area contributed by atoms with Crippen molar-refractivity contribution in [2.24, 2.45) is 4.99 Å². The van der Waals surface area contributed by atoms with Gasteiger partial charge in [0, 0.05) is 19.8 Å². The van der Waals surface area contributed by atoms with E-state index >= 15 is 0 Å². The van der Waals surface area contributed by atoms with Crippen LogP contribution in [0.3, 0.4) is 0 Å². The van der Waals surface area contributed by atoms with Crippen LogP contribution in [0.5, 0.6) is 11.5 Å². The van der Waals surface area contributed by atoms with Gasteiger partial charge in [0.15, 0.2) is 17.5 Å². The van der Waals surface area contributed by atoms with Crippen molar-refractivity contribution >= 4 is 5.96 Å². The summed E-state index contributed by atoms with van der Waals surface area (Å²) in [6.07, 6.45) is 3.72. The number of pyridine rings is 1. The van der Waals surface area contributed by atoms with Crippen LogP contribution in [0, 0.1) is 0 Å². The smallest absolute Gasteiger partial charge is 0.191 e. The second kappa shape index (κ2) is 10.2. The van der Waals surface area contributed by atoms with E-state index in [-0.39, 0.29) is 0 Å². The van der Waals surface area contributed by atoms with Gasteiger partial charge >= 0.3 is 0 Å². The maximum absolute atomic E-state index is 5.34. The summed E-state index contributed by atoms with van der Waals surface area (Å²) >= 11 is 0. The summed E-state index contributed by atoms with van der Waals surface area (Å²) in [5.41, 5.74) is 2.20. The van der Waals surface area contributed by atoms with Gasteiger partial charge in [0.25, 0.3) is 0 Å². The van der Waals surface area contributed by atoms with Crippen molar-refractivity contribution in [3.05, 3.63) is 53.9 Å². The lowest BCUT2D eigenvalue weighted by Gasteiger charge is -2.12. The number of nitrogens with zero attached hydrogens (tertiary/aromatic N) is 2. The number of guanidine groups is 1. The van der Waals surface area contributed by atoms with Crippen molar-refractivity contribution in [1.29, 1.82) is 0 Å². The van der Waals surface area contributed by atoms with Gasteiger partial charge in [0.1, 0.15) is 0 Å². The summed E-state index contributed by atoms with van der Waals surface area (Å²) in [6, 6.07) is 11.9.